The Labute approximate surface area is 128 Å². The lowest BCUT2D eigenvalue weighted by atomic mass is 10.2. The second kappa shape index (κ2) is 8.89. The third kappa shape index (κ3) is 7.91. The molecule has 1 aromatic carbocycles. The van der Waals surface area contributed by atoms with Crippen LogP contribution in [0.2, 0.25) is 0 Å². The largest absolute Gasteiger partial charge is 0.573 e. The smallest absolute Gasteiger partial charge is 0.406 e. The first-order chi connectivity index (χ1) is 9.92. The SMILES string of the molecule is O=C(NCCCOCCBr)c1ccc(OC(F)(F)F)cc1. The van der Waals surface area contributed by atoms with Crippen molar-refractivity contribution in [3.05, 3.63) is 29.8 Å². The van der Waals surface area contributed by atoms with Crippen molar-refractivity contribution < 1.29 is 27.4 Å². The third-order valence-corrected chi connectivity index (χ3v) is 2.65. The van der Waals surface area contributed by atoms with E-state index in [-0.39, 0.29) is 17.2 Å². The van der Waals surface area contributed by atoms with Crippen molar-refractivity contribution in [2.24, 2.45) is 0 Å². The summed E-state index contributed by atoms with van der Waals surface area (Å²) in [6.07, 6.45) is -4.08. The number of rotatable bonds is 8. The monoisotopic (exact) mass is 369 g/mol. The number of amides is 1. The maximum absolute atomic E-state index is 12.0. The molecule has 0 atom stereocenters. The zero-order chi connectivity index (χ0) is 15.7. The number of benzene rings is 1. The van der Waals surface area contributed by atoms with Gasteiger partial charge in [-0.05, 0) is 30.7 Å². The standard InChI is InChI=1S/C13H15BrF3NO3/c14-6-9-20-8-1-7-18-12(19)10-2-4-11(5-3-10)21-13(15,16)17/h2-5H,1,6-9H2,(H,18,19). The molecule has 0 saturated heterocycles. The molecule has 118 valence electrons. The Morgan fingerprint density at radius 1 is 1.19 bits per heavy atom. The van der Waals surface area contributed by atoms with Crippen molar-refractivity contribution in [2.45, 2.75) is 12.8 Å². The quantitative estimate of drug-likeness (QED) is 0.565. The second-order valence-electron chi connectivity index (χ2n) is 3.98. The molecule has 4 nitrogen and oxygen atoms in total. The van der Waals surface area contributed by atoms with E-state index in [1.54, 1.807) is 0 Å². The highest BCUT2D eigenvalue weighted by Gasteiger charge is 2.31. The average Bonchev–Trinajstić information content (AvgIpc) is 2.41. The van der Waals surface area contributed by atoms with Crippen molar-refractivity contribution in [3.8, 4) is 5.75 Å². The van der Waals surface area contributed by atoms with E-state index < -0.39 is 6.36 Å². The summed E-state index contributed by atoms with van der Waals surface area (Å²) in [5.41, 5.74) is 0.269. The van der Waals surface area contributed by atoms with E-state index in [9.17, 15) is 18.0 Å². The fourth-order valence-corrected chi connectivity index (χ4v) is 1.67. The molecule has 0 aliphatic rings. The van der Waals surface area contributed by atoms with Crippen molar-refractivity contribution in [3.63, 3.8) is 0 Å². The van der Waals surface area contributed by atoms with Crippen molar-refractivity contribution in [1.29, 1.82) is 0 Å². The van der Waals surface area contributed by atoms with Crippen molar-refractivity contribution in [1.82, 2.24) is 5.32 Å². The summed E-state index contributed by atoms with van der Waals surface area (Å²) in [6.45, 7) is 1.57. The van der Waals surface area contributed by atoms with Crippen LogP contribution in [-0.2, 0) is 4.74 Å². The number of nitrogens with one attached hydrogen (secondary N) is 1. The Morgan fingerprint density at radius 2 is 1.86 bits per heavy atom. The van der Waals surface area contributed by atoms with Gasteiger partial charge in [-0.15, -0.1) is 13.2 Å². The molecule has 1 amide bonds. The van der Waals surface area contributed by atoms with E-state index >= 15 is 0 Å². The fourth-order valence-electron chi connectivity index (χ4n) is 1.44. The van der Waals surface area contributed by atoms with Crippen LogP contribution >= 0.6 is 15.9 Å². The lowest BCUT2D eigenvalue weighted by Gasteiger charge is -2.09. The molecule has 0 spiro atoms. The van der Waals surface area contributed by atoms with E-state index in [0.717, 1.165) is 17.5 Å². The van der Waals surface area contributed by atoms with Gasteiger partial charge in [0, 0.05) is 24.0 Å². The maximum Gasteiger partial charge on any atom is 0.573 e. The predicted molar refractivity (Wildman–Crippen MR) is 74.7 cm³/mol. The van der Waals surface area contributed by atoms with Crippen molar-refractivity contribution in [2.75, 3.05) is 25.1 Å². The van der Waals surface area contributed by atoms with E-state index in [2.05, 4.69) is 26.0 Å². The molecule has 21 heavy (non-hydrogen) atoms. The van der Waals surface area contributed by atoms with Gasteiger partial charge in [0.05, 0.1) is 6.61 Å². The zero-order valence-electron chi connectivity index (χ0n) is 11.1. The van der Waals surface area contributed by atoms with Gasteiger partial charge < -0.3 is 14.8 Å². The summed E-state index contributed by atoms with van der Waals surface area (Å²) in [5, 5.41) is 3.41. The van der Waals surface area contributed by atoms with Crippen LogP contribution < -0.4 is 10.1 Å². The molecule has 1 rings (SSSR count). The maximum atomic E-state index is 12.0. The first-order valence-electron chi connectivity index (χ1n) is 6.20. The van der Waals surface area contributed by atoms with Crippen LogP contribution in [0.15, 0.2) is 24.3 Å². The first-order valence-corrected chi connectivity index (χ1v) is 7.32. The molecule has 0 saturated carbocycles. The highest BCUT2D eigenvalue weighted by atomic mass is 79.9. The average molecular weight is 370 g/mol. The summed E-state index contributed by atoms with van der Waals surface area (Å²) in [4.78, 5) is 11.7. The minimum atomic E-state index is -4.74. The highest BCUT2D eigenvalue weighted by molar-refractivity contribution is 9.09. The van der Waals surface area contributed by atoms with Gasteiger partial charge in [-0.3, -0.25) is 4.79 Å². The van der Waals surface area contributed by atoms with Gasteiger partial charge in [-0.25, -0.2) is 0 Å². The van der Waals surface area contributed by atoms with Crippen LogP contribution in [0.25, 0.3) is 0 Å². The normalized spacial score (nSPS) is 11.2. The topological polar surface area (TPSA) is 47.6 Å². The number of hydrogen-bond acceptors (Lipinski definition) is 3. The van der Waals surface area contributed by atoms with Gasteiger partial charge in [-0.1, -0.05) is 15.9 Å². The van der Waals surface area contributed by atoms with E-state index in [0.29, 0.717) is 26.2 Å². The number of halogens is 4. The molecule has 0 unspecified atom stereocenters. The summed E-state index contributed by atoms with van der Waals surface area (Å²) in [7, 11) is 0. The van der Waals surface area contributed by atoms with Gasteiger partial charge in [0.25, 0.3) is 5.91 Å². The van der Waals surface area contributed by atoms with Crippen molar-refractivity contribution >= 4 is 21.8 Å². The number of alkyl halides is 4. The minimum absolute atomic E-state index is 0.269. The molecule has 0 bridgehead atoms. The van der Waals surface area contributed by atoms with Crippen LogP contribution in [0.5, 0.6) is 5.75 Å². The first kappa shape index (κ1) is 17.8. The summed E-state index contributed by atoms with van der Waals surface area (Å²) >= 11 is 3.22. The van der Waals surface area contributed by atoms with Crippen LogP contribution in [0.1, 0.15) is 16.8 Å². The highest BCUT2D eigenvalue weighted by Crippen LogP contribution is 2.22. The Bertz CT molecular complexity index is 437. The van der Waals surface area contributed by atoms with Crippen LogP contribution in [-0.4, -0.2) is 37.4 Å². The zero-order valence-corrected chi connectivity index (χ0v) is 12.7. The molecule has 0 aromatic heterocycles. The molecule has 0 aliphatic carbocycles. The van der Waals surface area contributed by atoms with Gasteiger partial charge in [-0.2, -0.15) is 0 Å². The Balaban J connectivity index is 2.34. The number of carbonyl (C=O) groups is 1. The Hall–Kier alpha value is -1.28. The molecule has 1 aromatic rings. The molecule has 1 N–H and O–H groups in total. The number of carbonyl (C=O) groups excluding carboxylic acids is 1. The Kier molecular flexibility index (Phi) is 7.52. The van der Waals surface area contributed by atoms with Gasteiger partial charge in [0.1, 0.15) is 5.75 Å². The van der Waals surface area contributed by atoms with Gasteiger partial charge >= 0.3 is 6.36 Å². The number of ether oxygens (including phenoxy) is 2. The minimum Gasteiger partial charge on any atom is -0.406 e. The third-order valence-electron chi connectivity index (χ3n) is 2.32. The molecular formula is C13H15BrF3NO3. The Morgan fingerprint density at radius 3 is 2.43 bits per heavy atom. The van der Waals surface area contributed by atoms with Crippen LogP contribution in [0.3, 0.4) is 0 Å². The molecule has 8 heteroatoms. The number of hydrogen-bond donors (Lipinski definition) is 1. The fraction of sp³-hybridized carbons (Fsp3) is 0.462. The van der Waals surface area contributed by atoms with E-state index in [1.165, 1.54) is 12.1 Å². The summed E-state index contributed by atoms with van der Waals surface area (Å²) in [5.74, 6) is -0.712. The molecule has 0 heterocycles. The van der Waals surface area contributed by atoms with Gasteiger partial charge in [0.2, 0.25) is 0 Å². The lowest BCUT2D eigenvalue weighted by Crippen LogP contribution is -2.25. The molecule has 0 radical (unpaired) electrons. The summed E-state index contributed by atoms with van der Waals surface area (Å²) < 4.78 is 44.9. The molecule has 0 fully saturated rings. The van der Waals surface area contributed by atoms with E-state index in [1.807, 2.05) is 0 Å². The van der Waals surface area contributed by atoms with E-state index in [4.69, 9.17) is 4.74 Å². The van der Waals surface area contributed by atoms with Gasteiger partial charge in [0.15, 0.2) is 0 Å². The molecular weight excluding hydrogens is 355 g/mol. The predicted octanol–water partition coefficient (Wildman–Crippen LogP) is 3.12. The summed E-state index contributed by atoms with van der Waals surface area (Å²) in [6, 6.07) is 4.75. The van der Waals surface area contributed by atoms with Crippen LogP contribution in [0.4, 0.5) is 13.2 Å². The molecule has 0 aliphatic heterocycles. The van der Waals surface area contributed by atoms with Crippen LogP contribution in [0, 0.1) is 0 Å². The lowest BCUT2D eigenvalue weighted by molar-refractivity contribution is -0.274. The second-order valence-corrected chi connectivity index (χ2v) is 4.78.